The molecule has 2 heterocycles. The van der Waals surface area contributed by atoms with Crippen LogP contribution in [0.15, 0.2) is 48.7 Å². The number of pyridine rings is 1. The molecule has 34 heavy (non-hydrogen) atoms. The molecule has 1 aliphatic rings. The summed E-state index contributed by atoms with van der Waals surface area (Å²) in [6.45, 7) is 6.15. The summed E-state index contributed by atoms with van der Waals surface area (Å²) >= 11 is 0. The molecule has 1 aliphatic carbocycles. The number of hydrogen-bond acceptors (Lipinski definition) is 3. The summed E-state index contributed by atoms with van der Waals surface area (Å²) in [5.41, 5.74) is 4.51. The molecule has 0 spiro atoms. The first-order valence-electron chi connectivity index (χ1n) is 12.2. The van der Waals surface area contributed by atoms with E-state index in [1.165, 1.54) is 11.6 Å². The molecular formula is C28H31FN4O. The SMILES string of the molecule is CC(C)NC(=O)c1ccc2nc([C@H](C)C3CCC(c4ccnc5ccc(F)cc45)CC3)[nH]c2c1. The first-order valence-corrected chi connectivity index (χ1v) is 12.2. The Hall–Kier alpha value is -3.28. The topological polar surface area (TPSA) is 70.7 Å². The molecular weight excluding hydrogens is 427 g/mol. The number of halogens is 1. The standard InChI is InChI=1S/C28H31FN4O/c1-16(2)31-28(34)20-8-10-25-26(14-20)33-27(32-25)17(3)18-4-6-19(7-5-18)22-12-13-30-24-11-9-21(29)15-23(22)24/h8-19H,4-7H2,1-3H3,(H,31,34)(H,32,33)/t17-,18?,19?/m1/s1. The van der Waals surface area contributed by atoms with Crippen LogP contribution in [0.25, 0.3) is 21.9 Å². The van der Waals surface area contributed by atoms with Crippen LogP contribution in [0.5, 0.6) is 0 Å². The molecule has 0 unspecified atom stereocenters. The fraction of sp³-hybridized carbons (Fsp3) is 0.393. The van der Waals surface area contributed by atoms with Gasteiger partial charge < -0.3 is 10.3 Å². The van der Waals surface area contributed by atoms with E-state index in [0.717, 1.165) is 53.4 Å². The summed E-state index contributed by atoms with van der Waals surface area (Å²) in [5.74, 6) is 1.96. The summed E-state index contributed by atoms with van der Waals surface area (Å²) in [5, 5.41) is 3.88. The van der Waals surface area contributed by atoms with Crippen molar-refractivity contribution in [3.05, 3.63) is 71.4 Å². The fourth-order valence-electron chi connectivity index (χ4n) is 5.38. The van der Waals surface area contributed by atoms with E-state index < -0.39 is 0 Å². The molecule has 2 aromatic heterocycles. The van der Waals surface area contributed by atoms with Crippen LogP contribution in [0.1, 0.15) is 80.0 Å². The van der Waals surface area contributed by atoms with Crippen molar-refractivity contribution in [2.75, 3.05) is 0 Å². The summed E-state index contributed by atoms with van der Waals surface area (Å²) < 4.78 is 13.9. The molecule has 1 atom stereocenters. The Labute approximate surface area is 199 Å². The van der Waals surface area contributed by atoms with Gasteiger partial charge in [0.2, 0.25) is 0 Å². The average Bonchev–Trinajstić information content (AvgIpc) is 3.26. The molecule has 0 aliphatic heterocycles. The lowest BCUT2D eigenvalue weighted by atomic mass is 9.73. The van der Waals surface area contributed by atoms with Crippen LogP contribution in [0.4, 0.5) is 4.39 Å². The number of amides is 1. The number of imidazole rings is 1. The molecule has 2 N–H and O–H groups in total. The molecule has 0 saturated heterocycles. The number of aromatic nitrogens is 3. The third-order valence-corrected chi connectivity index (χ3v) is 7.27. The Bertz CT molecular complexity index is 1340. The van der Waals surface area contributed by atoms with E-state index in [-0.39, 0.29) is 17.8 Å². The maximum atomic E-state index is 13.9. The molecule has 2 aromatic carbocycles. The highest BCUT2D eigenvalue weighted by molar-refractivity contribution is 5.97. The number of carbonyl (C=O) groups is 1. The van der Waals surface area contributed by atoms with Gasteiger partial charge >= 0.3 is 0 Å². The molecule has 5 rings (SSSR count). The summed E-state index contributed by atoms with van der Waals surface area (Å²) in [7, 11) is 0. The van der Waals surface area contributed by atoms with E-state index in [2.05, 4.69) is 28.3 Å². The summed E-state index contributed by atoms with van der Waals surface area (Å²) in [6.07, 6.45) is 6.19. The monoisotopic (exact) mass is 458 g/mol. The minimum absolute atomic E-state index is 0.0667. The van der Waals surface area contributed by atoms with E-state index in [9.17, 15) is 9.18 Å². The minimum atomic E-state index is -0.209. The molecule has 5 nitrogen and oxygen atoms in total. The van der Waals surface area contributed by atoms with E-state index in [1.54, 1.807) is 12.1 Å². The van der Waals surface area contributed by atoms with E-state index in [0.29, 0.717) is 23.3 Å². The zero-order valence-corrected chi connectivity index (χ0v) is 19.9. The highest BCUT2D eigenvalue weighted by Crippen LogP contribution is 2.43. The smallest absolute Gasteiger partial charge is 0.251 e. The number of nitrogens with one attached hydrogen (secondary N) is 2. The zero-order valence-electron chi connectivity index (χ0n) is 19.9. The van der Waals surface area contributed by atoms with Gasteiger partial charge in [-0.25, -0.2) is 9.37 Å². The largest absolute Gasteiger partial charge is 0.350 e. The van der Waals surface area contributed by atoms with E-state index >= 15 is 0 Å². The van der Waals surface area contributed by atoms with Gasteiger partial charge in [-0.3, -0.25) is 9.78 Å². The van der Waals surface area contributed by atoms with Crippen molar-refractivity contribution in [3.63, 3.8) is 0 Å². The molecule has 0 radical (unpaired) electrons. The number of fused-ring (bicyclic) bond motifs is 2. The van der Waals surface area contributed by atoms with Crippen LogP contribution in [0.2, 0.25) is 0 Å². The van der Waals surface area contributed by atoms with Crippen LogP contribution in [0, 0.1) is 11.7 Å². The van der Waals surface area contributed by atoms with E-state index in [1.807, 2.05) is 38.2 Å². The van der Waals surface area contributed by atoms with Gasteiger partial charge in [0.1, 0.15) is 11.6 Å². The maximum absolute atomic E-state index is 13.9. The number of rotatable bonds is 5. The molecule has 1 saturated carbocycles. The number of carbonyl (C=O) groups excluding carboxylic acids is 1. The van der Waals surface area contributed by atoms with Crippen molar-refractivity contribution in [3.8, 4) is 0 Å². The van der Waals surface area contributed by atoms with Crippen LogP contribution in [-0.2, 0) is 0 Å². The number of aromatic amines is 1. The lowest BCUT2D eigenvalue weighted by molar-refractivity contribution is 0.0943. The van der Waals surface area contributed by atoms with Crippen LogP contribution >= 0.6 is 0 Å². The van der Waals surface area contributed by atoms with Crippen molar-refractivity contribution in [2.24, 2.45) is 5.92 Å². The van der Waals surface area contributed by atoms with Crippen molar-refractivity contribution < 1.29 is 9.18 Å². The van der Waals surface area contributed by atoms with E-state index in [4.69, 9.17) is 4.98 Å². The lowest BCUT2D eigenvalue weighted by Crippen LogP contribution is -2.29. The number of H-pyrrole nitrogens is 1. The third kappa shape index (κ3) is 4.41. The van der Waals surface area contributed by atoms with Crippen LogP contribution in [-0.4, -0.2) is 26.9 Å². The average molecular weight is 459 g/mol. The Morgan fingerprint density at radius 3 is 2.56 bits per heavy atom. The highest BCUT2D eigenvalue weighted by atomic mass is 19.1. The first-order chi connectivity index (χ1) is 16.4. The predicted molar refractivity (Wildman–Crippen MR) is 134 cm³/mol. The van der Waals surface area contributed by atoms with Crippen LogP contribution < -0.4 is 5.32 Å². The first kappa shape index (κ1) is 22.5. The molecule has 4 aromatic rings. The number of hydrogen-bond donors (Lipinski definition) is 2. The fourth-order valence-corrected chi connectivity index (χ4v) is 5.38. The van der Waals surface area contributed by atoms with Crippen molar-refractivity contribution in [1.29, 1.82) is 0 Å². The minimum Gasteiger partial charge on any atom is -0.350 e. The third-order valence-electron chi connectivity index (χ3n) is 7.27. The molecule has 1 fully saturated rings. The molecule has 1 amide bonds. The second-order valence-corrected chi connectivity index (χ2v) is 9.94. The summed E-state index contributed by atoms with van der Waals surface area (Å²) in [4.78, 5) is 25.1. The van der Waals surface area contributed by atoms with Crippen molar-refractivity contribution in [1.82, 2.24) is 20.3 Å². The number of nitrogens with zero attached hydrogens (tertiary/aromatic N) is 2. The second-order valence-electron chi connectivity index (χ2n) is 9.94. The Balaban J connectivity index is 1.30. The van der Waals surface area contributed by atoms with Gasteiger partial charge in [-0.05, 0) is 99.4 Å². The van der Waals surface area contributed by atoms with Gasteiger partial charge in [-0.2, -0.15) is 0 Å². The van der Waals surface area contributed by atoms with Gasteiger partial charge in [0, 0.05) is 29.1 Å². The van der Waals surface area contributed by atoms with Gasteiger partial charge in [-0.15, -0.1) is 0 Å². The Morgan fingerprint density at radius 1 is 1.03 bits per heavy atom. The van der Waals surface area contributed by atoms with Crippen LogP contribution in [0.3, 0.4) is 0 Å². The zero-order chi connectivity index (χ0) is 23.8. The van der Waals surface area contributed by atoms with Crippen molar-refractivity contribution in [2.45, 2.75) is 64.3 Å². The Morgan fingerprint density at radius 2 is 1.79 bits per heavy atom. The quantitative estimate of drug-likeness (QED) is 0.360. The highest BCUT2D eigenvalue weighted by Gasteiger charge is 2.29. The summed E-state index contributed by atoms with van der Waals surface area (Å²) in [6, 6.07) is 12.7. The van der Waals surface area contributed by atoms with Gasteiger partial charge in [-0.1, -0.05) is 6.92 Å². The Kier molecular flexibility index (Phi) is 6.07. The molecule has 176 valence electrons. The van der Waals surface area contributed by atoms with Gasteiger partial charge in [0.05, 0.1) is 16.6 Å². The maximum Gasteiger partial charge on any atom is 0.251 e. The number of benzene rings is 2. The molecule has 0 bridgehead atoms. The van der Waals surface area contributed by atoms with Crippen molar-refractivity contribution >= 4 is 27.8 Å². The van der Waals surface area contributed by atoms with Gasteiger partial charge in [0.25, 0.3) is 5.91 Å². The lowest BCUT2D eigenvalue weighted by Gasteiger charge is -2.32. The van der Waals surface area contributed by atoms with Gasteiger partial charge in [0.15, 0.2) is 0 Å². The normalized spacial score (nSPS) is 19.6. The second kappa shape index (κ2) is 9.16. The predicted octanol–water partition coefficient (Wildman–Crippen LogP) is 6.47. The molecule has 6 heteroatoms.